The molecule has 0 saturated heterocycles. The molecule has 0 bridgehead atoms. The first kappa shape index (κ1) is 14.7. The Morgan fingerprint density at radius 3 is 2.60 bits per heavy atom. The number of aromatic nitrogens is 1. The minimum atomic E-state index is -0.605. The van der Waals surface area contributed by atoms with E-state index in [4.69, 9.17) is 18.0 Å². The molecule has 1 aliphatic carbocycles. The van der Waals surface area contributed by atoms with Crippen LogP contribution in [0.1, 0.15) is 42.5 Å². The van der Waals surface area contributed by atoms with Crippen LogP contribution in [0.4, 0.5) is 0 Å². The zero-order valence-corrected chi connectivity index (χ0v) is 12.3. The van der Waals surface area contributed by atoms with Crippen LogP contribution in [0.15, 0.2) is 23.1 Å². The van der Waals surface area contributed by atoms with Gasteiger partial charge in [0.25, 0.3) is 11.5 Å². The molecule has 6 heteroatoms. The van der Waals surface area contributed by atoms with Crippen molar-refractivity contribution in [2.24, 2.45) is 12.8 Å². The lowest BCUT2D eigenvalue weighted by atomic mass is 9.81. The van der Waals surface area contributed by atoms with Gasteiger partial charge in [-0.25, -0.2) is 0 Å². The molecule has 1 heterocycles. The van der Waals surface area contributed by atoms with E-state index >= 15 is 0 Å². The molecular formula is C14H19N3O2S. The van der Waals surface area contributed by atoms with Gasteiger partial charge in [-0.3, -0.25) is 9.59 Å². The quantitative estimate of drug-likeness (QED) is 0.818. The maximum absolute atomic E-state index is 12.3. The van der Waals surface area contributed by atoms with Gasteiger partial charge in [0.15, 0.2) is 0 Å². The van der Waals surface area contributed by atoms with Crippen LogP contribution >= 0.6 is 12.2 Å². The van der Waals surface area contributed by atoms with Gasteiger partial charge in [0.05, 0.1) is 10.5 Å². The van der Waals surface area contributed by atoms with E-state index in [1.165, 1.54) is 10.6 Å². The summed E-state index contributed by atoms with van der Waals surface area (Å²) in [5.74, 6) is -0.294. The summed E-state index contributed by atoms with van der Waals surface area (Å²) in [5, 5.41) is 2.94. The molecule has 108 valence electrons. The highest BCUT2D eigenvalue weighted by molar-refractivity contribution is 7.80. The normalized spacial score (nSPS) is 17.4. The van der Waals surface area contributed by atoms with Crippen LogP contribution in [0.2, 0.25) is 0 Å². The second kappa shape index (κ2) is 5.75. The van der Waals surface area contributed by atoms with Crippen molar-refractivity contribution in [2.45, 2.75) is 37.6 Å². The van der Waals surface area contributed by atoms with E-state index in [9.17, 15) is 9.59 Å². The van der Waals surface area contributed by atoms with Crippen LogP contribution in [0.25, 0.3) is 0 Å². The molecule has 1 aliphatic rings. The molecule has 1 saturated carbocycles. The van der Waals surface area contributed by atoms with E-state index in [1.807, 2.05) is 0 Å². The highest BCUT2D eigenvalue weighted by Gasteiger charge is 2.36. The topological polar surface area (TPSA) is 77.1 Å². The van der Waals surface area contributed by atoms with Gasteiger partial charge < -0.3 is 15.6 Å². The third-order valence-corrected chi connectivity index (χ3v) is 4.29. The third kappa shape index (κ3) is 2.90. The monoisotopic (exact) mass is 293 g/mol. The van der Waals surface area contributed by atoms with Crippen LogP contribution in [0, 0.1) is 0 Å². The van der Waals surface area contributed by atoms with Crippen molar-refractivity contribution in [2.75, 3.05) is 0 Å². The number of thiocarbonyl (C=S) groups is 1. The van der Waals surface area contributed by atoms with Gasteiger partial charge in [0, 0.05) is 24.9 Å². The third-order valence-electron chi connectivity index (χ3n) is 3.90. The number of hydrogen-bond acceptors (Lipinski definition) is 3. The zero-order chi connectivity index (χ0) is 14.8. The summed E-state index contributed by atoms with van der Waals surface area (Å²) < 4.78 is 1.42. The largest absolute Gasteiger partial charge is 0.391 e. The summed E-state index contributed by atoms with van der Waals surface area (Å²) in [6.45, 7) is 0. The fourth-order valence-corrected chi connectivity index (χ4v) is 2.82. The van der Waals surface area contributed by atoms with Gasteiger partial charge in [-0.15, -0.1) is 0 Å². The minimum Gasteiger partial charge on any atom is -0.391 e. The predicted molar refractivity (Wildman–Crippen MR) is 81.8 cm³/mol. The molecule has 0 radical (unpaired) electrons. The Morgan fingerprint density at radius 1 is 1.40 bits per heavy atom. The summed E-state index contributed by atoms with van der Waals surface area (Å²) in [7, 11) is 1.64. The molecule has 0 aromatic carbocycles. The fraction of sp³-hybridized carbons (Fsp3) is 0.500. The van der Waals surface area contributed by atoms with Gasteiger partial charge in [-0.1, -0.05) is 31.5 Å². The number of amides is 1. The summed E-state index contributed by atoms with van der Waals surface area (Å²) in [5.41, 5.74) is 5.35. The highest BCUT2D eigenvalue weighted by Crippen LogP contribution is 2.28. The van der Waals surface area contributed by atoms with Crippen molar-refractivity contribution in [1.82, 2.24) is 9.88 Å². The van der Waals surface area contributed by atoms with E-state index in [1.54, 1.807) is 19.3 Å². The lowest BCUT2D eigenvalue weighted by Gasteiger charge is -2.37. The van der Waals surface area contributed by atoms with Crippen LogP contribution in [0.3, 0.4) is 0 Å². The molecule has 2 rings (SSSR count). The fourth-order valence-electron chi connectivity index (χ4n) is 2.57. The Morgan fingerprint density at radius 2 is 2.05 bits per heavy atom. The Balaban J connectivity index is 2.22. The number of aryl methyl sites for hydroxylation is 1. The molecule has 5 nitrogen and oxygen atoms in total. The lowest BCUT2D eigenvalue weighted by Crippen LogP contribution is -2.57. The number of nitrogens with zero attached hydrogens (tertiary/aromatic N) is 1. The van der Waals surface area contributed by atoms with Crippen molar-refractivity contribution in [3.63, 3.8) is 0 Å². The Bertz CT molecular complexity index is 588. The average Bonchev–Trinajstić information content (AvgIpc) is 2.42. The van der Waals surface area contributed by atoms with Crippen LogP contribution in [-0.2, 0) is 7.05 Å². The molecular weight excluding hydrogens is 274 g/mol. The highest BCUT2D eigenvalue weighted by atomic mass is 32.1. The maximum atomic E-state index is 12.3. The molecule has 1 aromatic heterocycles. The molecule has 0 aliphatic heterocycles. The summed E-state index contributed by atoms with van der Waals surface area (Å²) >= 11 is 5.14. The number of nitrogens with two attached hydrogens (primary N) is 1. The van der Waals surface area contributed by atoms with E-state index in [2.05, 4.69) is 5.32 Å². The standard InChI is InChI=1S/C14H19N3O2S/c1-17-8-5-10(9-11(17)18)12(19)16-14(13(15)20)6-3-2-4-7-14/h5,8-9H,2-4,6-7H2,1H3,(H2,15,20)(H,16,19). The zero-order valence-electron chi connectivity index (χ0n) is 11.5. The number of pyridine rings is 1. The molecule has 20 heavy (non-hydrogen) atoms. The van der Waals surface area contributed by atoms with Crippen molar-refractivity contribution < 1.29 is 4.79 Å². The molecule has 0 spiro atoms. The molecule has 0 unspecified atom stereocenters. The number of carbonyl (C=O) groups excluding carboxylic acids is 1. The van der Waals surface area contributed by atoms with Gasteiger partial charge in [0.1, 0.15) is 0 Å². The first-order valence-electron chi connectivity index (χ1n) is 6.74. The lowest BCUT2D eigenvalue weighted by molar-refractivity contribution is 0.0908. The Kier molecular flexibility index (Phi) is 4.23. The smallest absolute Gasteiger partial charge is 0.252 e. The van der Waals surface area contributed by atoms with Gasteiger partial charge in [0.2, 0.25) is 0 Å². The van der Waals surface area contributed by atoms with Crippen LogP contribution in [-0.4, -0.2) is 21.0 Å². The summed E-state index contributed by atoms with van der Waals surface area (Å²) in [6.07, 6.45) is 6.22. The van der Waals surface area contributed by atoms with Crippen LogP contribution < -0.4 is 16.6 Å². The molecule has 1 aromatic rings. The van der Waals surface area contributed by atoms with Crippen molar-refractivity contribution in [3.05, 3.63) is 34.2 Å². The van der Waals surface area contributed by atoms with Gasteiger partial charge in [-0.2, -0.15) is 0 Å². The predicted octanol–water partition coefficient (Wildman–Crippen LogP) is 1.10. The molecule has 1 amide bonds. The van der Waals surface area contributed by atoms with E-state index in [0.717, 1.165) is 32.1 Å². The second-order valence-electron chi connectivity index (χ2n) is 5.33. The molecule has 3 N–H and O–H groups in total. The van der Waals surface area contributed by atoms with E-state index < -0.39 is 5.54 Å². The van der Waals surface area contributed by atoms with E-state index in [0.29, 0.717) is 10.6 Å². The number of nitrogens with one attached hydrogen (secondary N) is 1. The van der Waals surface area contributed by atoms with Gasteiger partial charge >= 0.3 is 0 Å². The second-order valence-corrected chi connectivity index (χ2v) is 5.77. The van der Waals surface area contributed by atoms with Gasteiger partial charge in [-0.05, 0) is 18.9 Å². The maximum Gasteiger partial charge on any atom is 0.252 e. The van der Waals surface area contributed by atoms with Crippen molar-refractivity contribution >= 4 is 23.1 Å². The minimum absolute atomic E-state index is 0.217. The Hall–Kier alpha value is -1.69. The van der Waals surface area contributed by atoms with Crippen molar-refractivity contribution in [3.8, 4) is 0 Å². The van der Waals surface area contributed by atoms with E-state index in [-0.39, 0.29) is 11.5 Å². The first-order valence-corrected chi connectivity index (χ1v) is 7.14. The molecule has 0 atom stereocenters. The number of hydrogen-bond donors (Lipinski definition) is 2. The average molecular weight is 293 g/mol. The Labute approximate surface area is 123 Å². The van der Waals surface area contributed by atoms with Crippen molar-refractivity contribution in [1.29, 1.82) is 0 Å². The number of carbonyl (C=O) groups is 1. The van der Waals surface area contributed by atoms with Crippen LogP contribution in [0.5, 0.6) is 0 Å². The SMILES string of the molecule is Cn1ccc(C(=O)NC2(C(N)=S)CCCCC2)cc1=O. The summed E-state index contributed by atoms with van der Waals surface area (Å²) in [4.78, 5) is 24.2. The molecule has 1 fully saturated rings. The number of rotatable bonds is 3. The summed E-state index contributed by atoms with van der Waals surface area (Å²) in [6, 6.07) is 2.94. The first-order chi connectivity index (χ1) is 9.44.